The molecule has 7 heteroatoms. The molecule has 0 aromatic carbocycles. The summed E-state index contributed by atoms with van der Waals surface area (Å²) in [6.07, 6.45) is 0. The summed E-state index contributed by atoms with van der Waals surface area (Å²) in [4.78, 5) is 12.9. The van der Waals surface area contributed by atoms with Crippen LogP contribution in [0.5, 0.6) is 0 Å². The van der Waals surface area contributed by atoms with Crippen LogP contribution in [-0.2, 0) is 9.47 Å². The van der Waals surface area contributed by atoms with Gasteiger partial charge in [0, 0.05) is 32.2 Å². The fourth-order valence-corrected chi connectivity index (χ4v) is 2.89. The molecule has 0 amide bonds. The Hall–Kier alpha value is -1.44. The Bertz CT molecular complexity index is 565. The molecule has 0 bridgehead atoms. The van der Waals surface area contributed by atoms with Gasteiger partial charge in [-0.05, 0) is 13.0 Å². The number of hydrogen-bond donors (Lipinski definition) is 1. The van der Waals surface area contributed by atoms with E-state index in [9.17, 15) is 0 Å². The van der Waals surface area contributed by atoms with E-state index >= 15 is 0 Å². The van der Waals surface area contributed by atoms with Crippen LogP contribution in [0.4, 0.5) is 11.8 Å². The van der Waals surface area contributed by atoms with E-state index in [0.29, 0.717) is 19.2 Å². The van der Waals surface area contributed by atoms with Crippen molar-refractivity contribution in [2.24, 2.45) is 0 Å². The fraction of sp³-hybridized carbons (Fsp3) is 0.538. The Labute approximate surface area is 122 Å². The van der Waals surface area contributed by atoms with Gasteiger partial charge in [-0.3, -0.25) is 0 Å². The van der Waals surface area contributed by atoms with Crippen LogP contribution < -0.4 is 10.6 Å². The Morgan fingerprint density at radius 2 is 1.85 bits per heavy atom. The number of hydrogen-bond acceptors (Lipinski definition) is 7. The number of methoxy groups -OCH3 is 2. The van der Waals surface area contributed by atoms with Gasteiger partial charge in [-0.1, -0.05) is 0 Å². The highest BCUT2D eigenvalue weighted by molar-refractivity contribution is 7.18. The number of aromatic nitrogens is 2. The summed E-state index contributed by atoms with van der Waals surface area (Å²) < 4.78 is 10.3. The monoisotopic (exact) mass is 296 g/mol. The lowest BCUT2D eigenvalue weighted by atomic mass is 10.3. The third kappa shape index (κ3) is 3.36. The number of ether oxygens (including phenoxy) is 2. The van der Waals surface area contributed by atoms with Crippen LogP contribution >= 0.6 is 11.3 Å². The van der Waals surface area contributed by atoms with Gasteiger partial charge in [0.15, 0.2) is 0 Å². The number of nitrogens with zero attached hydrogens (tertiary/aromatic N) is 3. The minimum absolute atomic E-state index is 0.300. The summed E-state index contributed by atoms with van der Waals surface area (Å²) in [5.41, 5.74) is 5.82. The van der Waals surface area contributed by atoms with Gasteiger partial charge in [-0.15, -0.1) is 11.3 Å². The van der Waals surface area contributed by atoms with E-state index in [4.69, 9.17) is 15.2 Å². The highest BCUT2D eigenvalue weighted by atomic mass is 32.1. The Morgan fingerprint density at radius 1 is 1.20 bits per heavy atom. The van der Waals surface area contributed by atoms with Crippen molar-refractivity contribution in [3.05, 3.63) is 10.9 Å². The molecule has 0 aliphatic heterocycles. The van der Waals surface area contributed by atoms with Gasteiger partial charge in [0.1, 0.15) is 10.6 Å². The zero-order valence-electron chi connectivity index (χ0n) is 12.0. The van der Waals surface area contributed by atoms with Crippen LogP contribution in [0.15, 0.2) is 6.07 Å². The van der Waals surface area contributed by atoms with Gasteiger partial charge >= 0.3 is 0 Å². The summed E-state index contributed by atoms with van der Waals surface area (Å²) in [6.45, 7) is 4.78. The molecular formula is C13H20N4O2S. The van der Waals surface area contributed by atoms with Crippen molar-refractivity contribution < 1.29 is 9.47 Å². The molecule has 110 valence electrons. The van der Waals surface area contributed by atoms with Crippen molar-refractivity contribution in [1.29, 1.82) is 0 Å². The third-order valence-electron chi connectivity index (χ3n) is 2.94. The summed E-state index contributed by atoms with van der Waals surface area (Å²) in [6, 6.07) is 2.10. The van der Waals surface area contributed by atoms with Crippen LogP contribution in [0, 0.1) is 6.92 Å². The predicted octanol–water partition coefficient (Wildman–Crippen LogP) is 1.68. The molecule has 0 unspecified atom stereocenters. The molecule has 2 N–H and O–H groups in total. The third-order valence-corrected chi connectivity index (χ3v) is 3.89. The van der Waals surface area contributed by atoms with Crippen molar-refractivity contribution in [2.45, 2.75) is 6.92 Å². The topological polar surface area (TPSA) is 73.5 Å². The zero-order valence-corrected chi connectivity index (χ0v) is 12.9. The van der Waals surface area contributed by atoms with Gasteiger partial charge in [0.05, 0.1) is 18.6 Å². The lowest BCUT2D eigenvalue weighted by Gasteiger charge is -2.23. The molecule has 2 aromatic heterocycles. The molecular weight excluding hydrogens is 276 g/mol. The molecule has 0 saturated carbocycles. The second kappa shape index (κ2) is 6.83. The number of fused-ring (bicyclic) bond motifs is 1. The molecule has 2 aromatic rings. The van der Waals surface area contributed by atoms with Gasteiger partial charge in [0.25, 0.3) is 0 Å². The Kier molecular flexibility index (Phi) is 5.11. The predicted molar refractivity (Wildman–Crippen MR) is 82.5 cm³/mol. The van der Waals surface area contributed by atoms with E-state index < -0.39 is 0 Å². The molecule has 0 radical (unpaired) electrons. The van der Waals surface area contributed by atoms with Crippen LogP contribution in [0.3, 0.4) is 0 Å². The summed E-state index contributed by atoms with van der Waals surface area (Å²) in [5.74, 6) is 1.15. The summed E-state index contributed by atoms with van der Waals surface area (Å²) in [7, 11) is 3.38. The minimum Gasteiger partial charge on any atom is -0.383 e. The molecule has 6 nitrogen and oxygen atoms in total. The number of aryl methyl sites for hydroxylation is 1. The van der Waals surface area contributed by atoms with Gasteiger partial charge < -0.3 is 20.1 Å². The Morgan fingerprint density at radius 3 is 2.45 bits per heavy atom. The second-order valence-electron chi connectivity index (χ2n) is 4.45. The average molecular weight is 296 g/mol. The van der Waals surface area contributed by atoms with Gasteiger partial charge in [-0.2, -0.15) is 4.98 Å². The zero-order chi connectivity index (χ0) is 14.5. The maximum Gasteiger partial charge on any atom is 0.223 e. The molecule has 0 saturated heterocycles. The van der Waals surface area contributed by atoms with Crippen molar-refractivity contribution in [1.82, 2.24) is 9.97 Å². The van der Waals surface area contributed by atoms with E-state index in [2.05, 4.69) is 27.9 Å². The second-order valence-corrected chi connectivity index (χ2v) is 5.69. The SMILES string of the molecule is COCCN(CCOC)c1nc(N)nc2sc(C)cc12. The van der Waals surface area contributed by atoms with Crippen LogP contribution in [0.25, 0.3) is 10.2 Å². The van der Waals surface area contributed by atoms with E-state index in [1.165, 1.54) is 4.88 Å². The van der Waals surface area contributed by atoms with Crippen molar-refractivity contribution in [3.8, 4) is 0 Å². The first-order valence-corrected chi connectivity index (χ1v) is 7.24. The highest BCUT2D eigenvalue weighted by Crippen LogP contribution is 2.31. The lowest BCUT2D eigenvalue weighted by Crippen LogP contribution is -2.31. The largest absolute Gasteiger partial charge is 0.383 e. The molecule has 0 fully saturated rings. The first-order valence-electron chi connectivity index (χ1n) is 6.42. The molecule has 2 rings (SSSR count). The van der Waals surface area contributed by atoms with Crippen LogP contribution in [-0.4, -0.2) is 50.5 Å². The summed E-state index contributed by atoms with van der Waals surface area (Å²) in [5, 5.41) is 1.04. The molecule has 0 spiro atoms. The van der Waals surface area contributed by atoms with Crippen LogP contribution in [0.1, 0.15) is 4.88 Å². The first kappa shape index (κ1) is 15.0. The fourth-order valence-electron chi connectivity index (χ4n) is 2.01. The standard InChI is InChI=1S/C13H20N4O2S/c1-9-8-10-11(15-13(14)16-12(10)20-9)17(4-6-18-2)5-7-19-3/h8H,4-7H2,1-3H3,(H2,14,15,16). The molecule has 0 atom stereocenters. The molecule has 0 aliphatic carbocycles. The molecule has 2 heterocycles. The summed E-state index contributed by atoms with van der Waals surface area (Å²) >= 11 is 1.63. The minimum atomic E-state index is 0.300. The molecule has 0 aliphatic rings. The van der Waals surface area contributed by atoms with E-state index in [-0.39, 0.29) is 0 Å². The van der Waals surface area contributed by atoms with E-state index in [1.807, 2.05) is 0 Å². The number of thiophene rings is 1. The van der Waals surface area contributed by atoms with Crippen molar-refractivity contribution in [2.75, 3.05) is 51.2 Å². The number of nitrogens with two attached hydrogens (primary N) is 1. The van der Waals surface area contributed by atoms with E-state index in [1.54, 1.807) is 25.6 Å². The van der Waals surface area contributed by atoms with Gasteiger partial charge in [0.2, 0.25) is 5.95 Å². The maximum atomic E-state index is 5.82. The van der Waals surface area contributed by atoms with Crippen LogP contribution in [0.2, 0.25) is 0 Å². The number of anilines is 2. The average Bonchev–Trinajstić information content (AvgIpc) is 2.78. The Balaban J connectivity index is 2.39. The van der Waals surface area contributed by atoms with Gasteiger partial charge in [-0.25, -0.2) is 4.98 Å². The van der Waals surface area contributed by atoms with Crippen molar-refractivity contribution >= 4 is 33.3 Å². The molecule has 20 heavy (non-hydrogen) atoms. The smallest absolute Gasteiger partial charge is 0.223 e. The maximum absolute atomic E-state index is 5.82. The quantitative estimate of drug-likeness (QED) is 0.838. The highest BCUT2D eigenvalue weighted by Gasteiger charge is 2.15. The number of nitrogen functional groups attached to an aromatic ring is 1. The van der Waals surface area contributed by atoms with E-state index in [0.717, 1.165) is 29.1 Å². The lowest BCUT2D eigenvalue weighted by molar-refractivity contribution is 0.190. The normalized spacial score (nSPS) is 11.2. The van der Waals surface area contributed by atoms with Crippen molar-refractivity contribution in [3.63, 3.8) is 0 Å². The first-order chi connectivity index (χ1) is 9.65. The number of rotatable bonds is 7.